The molecule has 0 unspecified atom stereocenters. The number of benzene rings is 1. The summed E-state index contributed by atoms with van der Waals surface area (Å²) < 4.78 is 7.15. The van der Waals surface area contributed by atoms with Gasteiger partial charge in [-0.25, -0.2) is 4.98 Å². The van der Waals surface area contributed by atoms with Gasteiger partial charge in [-0.05, 0) is 24.6 Å². The zero-order valence-electron chi connectivity index (χ0n) is 11.2. The molecule has 2 rings (SSSR count). The van der Waals surface area contributed by atoms with Crippen molar-refractivity contribution in [3.05, 3.63) is 41.7 Å². The van der Waals surface area contributed by atoms with E-state index in [1.54, 1.807) is 13.3 Å². The molecule has 0 aliphatic carbocycles. The van der Waals surface area contributed by atoms with E-state index in [-0.39, 0.29) is 5.78 Å². The van der Waals surface area contributed by atoms with Crippen LogP contribution in [0.25, 0.3) is 0 Å². The van der Waals surface area contributed by atoms with Crippen LogP contribution in [-0.4, -0.2) is 28.2 Å². The number of nitrogens with zero attached hydrogens (tertiary/aromatic N) is 2. The number of thioether (sulfide) groups is 1. The number of rotatable bonds is 5. The first-order chi connectivity index (χ1) is 9.11. The monoisotopic (exact) mass is 276 g/mol. The third-order valence-electron chi connectivity index (χ3n) is 2.77. The lowest BCUT2D eigenvalue weighted by Gasteiger charge is -2.08. The Morgan fingerprint density at radius 2 is 2.26 bits per heavy atom. The number of imidazole rings is 1. The van der Waals surface area contributed by atoms with Crippen molar-refractivity contribution in [2.24, 2.45) is 7.05 Å². The van der Waals surface area contributed by atoms with Crippen LogP contribution >= 0.6 is 11.8 Å². The fourth-order valence-electron chi connectivity index (χ4n) is 1.73. The summed E-state index contributed by atoms with van der Waals surface area (Å²) in [6.07, 6.45) is 3.58. The van der Waals surface area contributed by atoms with Crippen molar-refractivity contribution in [3.8, 4) is 5.75 Å². The Balaban J connectivity index is 2.10. The summed E-state index contributed by atoms with van der Waals surface area (Å²) >= 11 is 1.43. The third kappa shape index (κ3) is 3.17. The Bertz CT molecular complexity index is 593. The first-order valence-corrected chi connectivity index (χ1v) is 6.88. The van der Waals surface area contributed by atoms with Crippen LogP contribution in [0.4, 0.5) is 0 Å². The van der Waals surface area contributed by atoms with Gasteiger partial charge in [0.25, 0.3) is 0 Å². The molecule has 0 bridgehead atoms. The van der Waals surface area contributed by atoms with Crippen LogP contribution in [0.1, 0.15) is 15.9 Å². The Labute approximate surface area is 116 Å². The van der Waals surface area contributed by atoms with E-state index in [4.69, 9.17) is 4.74 Å². The summed E-state index contributed by atoms with van der Waals surface area (Å²) in [5, 5.41) is 0.833. The van der Waals surface area contributed by atoms with Crippen LogP contribution in [0.3, 0.4) is 0 Å². The molecule has 0 N–H and O–H groups in total. The van der Waals surface area contributed by atoms with E-state index in [0.29, 0.717) is 17.1 Å². The summed E-state index contributed by atoms with van der Waals surface area (Å²) in [5.74, 6) is 1.03. The van der Waals surface area contributed by atoms with Crippen LogP contribution in [0.5, 0.6) is 5.75 Å². The molecule has 1 aromatic carbocycles. The van der Waals surface area contributed by atoms with Gasteiger partial charge < -0.3 is 9.30 Å². The summed E-state index contributed by atoms with van der Waals surface area (Å²) in [4.78, 5) is 16.4. The highest BCUT2D eigenvalue weighted by Gasteiger charge is 2.13. The summed E-state index contributed by atoms with van der Waals surface area (Å²) in [6, 6.07) is 5.61. The van der Waals surface area contributed by atoms with Gasteiger partial charge in [0.2, 0.25) is 0 Å². The molecule has 5 heteroatoms. The van der Waals surface area contributed by atoms with E-state index in [0.717, 1.165) is 10.7 Å². The Hall–Kier alpha value is -1.75. The number of aromatic nitrogens is 2. The van der Waals surface area contributed by atoms with Gasteiger partial charge >= 0.3 is 0 Å². The number of carbonyl (C=O) groups excluding carboxylic acids is 1. The minimum Gasteiger partial charge on any atom is -0.496 e. The number of hydrogen-bond donors (Lipinski definition) is 0. The van der Waals surface area contributed by atoms with E-state index in [9.17, 15) is 4.79 Å². The van der Waals surface area contributed by atoms with Crippen molar-refractivity contribution in [3.63, 3.8) is 0 Å². The van der Waals surface area contributed by atoms with Crippen molar-refractivity contribution in [1.29, 1.82) is 0 Å². The van der Waals surface area contributed by atoms with Crippen LogP contribution in [-0.2, 0) is 7.05 Å². The van der Waals surface area contributed by atoms with Gasteiger partial charge in [0, 0.05) is 19.4 Å². The quantitative estimate of drug-likeness (QED) is 0.622. The van der Waals surface area contributed by atoms with Gasteiger partial charge in [-0.2, -0.15) is 0 Å². The van der Waals surface area contributed by atoms with E-state index in [2.05, 4.69) is 4.98 Å². The number of hydrogen-bond acceptors (Lipinski definition) is 4. The number of carbonyl (C=O) groups is 1. The number of ketones is 1. The molecule has 0 saturated carbocycles. The molecule has 100 valence electrons. The minimum atomic E-state index is 0.0462. The molecule has 0 saturated heterocycles. The maximum Gasteiger partial charge on any atom is 0.176 e. The fraction of sp³-hybridized carbons (Fsp3) is 0.286. The summed E-state index contributed by atoms with van der Waals surface area (Å²) in [7, 11) is 3.49. The normalized spacial score (nSPS) is 10.5. The van der Waals surface area contributed by atoms with Crippen molar-refractivity contribution >= 4 is 17.5 Å². The van der Waals surface area contributed by atoms with E-state index in [1.807, 2.05) is 42.9 Å². The highest BCUT2D eigenvalue weighted by molar-refractivity contribution is 7.99. The van der Waals surface area contributed by atoms with Crippen LogP contribution in [0.15, 0.2) is 35.7 Å². The van der Waals surface area contributed by atoms with Crippen molar-refractivity contribution in [2.75, 3.05) is 12.9 Å². The average Bonchev–Trinajstić information content (AvgIpc) is 2.81. The molecule has 2 aromatic rings. The predicted octanol–water partition coefficient (Wildman–Crippen LogP) is 2.71. The molecule has 1 aromatic heterocycles. The highest BCUT2D eigenvalue weighted by Crippen LogP contribution is 2.23. The number of aryl methyl sites for hydroxylation is 2. The van der Waals surface area contributed by atoms with Crippen LogP contribution in [0.2, 0.25) is 0 Å². The Morgan fingerprint density at radius 1 is 1.47 bits per heavy atom. The second-order valence-electron chi connectivity index (χ2n) is 4.24. The standard InChI is InChI=1S/C14H16N2O2S/c1-10-4-5-11(13(8-10)18-3)12(17)9-19-14-15-6-7-16(14)2/h4-8H,9H2,1-3H3. The lowest BCUT2D eigenvalue weighted by atomic mass is 10.1. The summed E-state index contributed by atoms with van der Waals surface area (Å²) in [6.45, 7) is 1.97. The number of methoxy groups -OCH3 is 1. The maximum atomic E-state index is 12.2. The van der Waals surface area contributed by atoms with E-state index >= 15 is 0 Å². The zero-order chi connectivity index (χ0) is 13.8. The maximum absolute atomic E-state index is 12.2. The van der Waals surface area contributed by atoms with Crippen molar-refractivity contribution in [2.45, 2.75) is 12.1 Å². The third-order valence-corrected chi connectivity index (χ3v) is 3.82. The predicted molar refractivity (Wildman–Crippen MR) is 76.0 cm³/mol. The van der Waals surface area contributed by atoms with E-state index in [1.165, 1.54) is 11.8 Å². The smallest absolute Gasteiger partial charge is 0.176 e. The number of Topliss-reactive ketones (excluding diaryl/α,β-unsaturated/α-hetero) is 1. The SMILES string of the molecule is COc1cc(C)ccc1C(=O)CSc1nccn1C. The van der Waals surface area contributed by atoms with Gasteiger partial charge in [-0.1, -0.05) is 17.8 Å². The molecule has 19 heavy (non-hydrogen) atoms. The fourth-order valence-corrected chi connectivity index (χ4v) is 2.54. The number of ether oxygens (including phenoxy) is 1. The molecule has 0 spiro atoms. The molecule has 0 aliphatic rings. The topological polar surface area (TPSA) is 44.1 Å². The lowest BCUT2D eigenvalue weighted by molar-refractivity contribution is 0.101. The van der Waals surface area contributed by atoms with Gasteiger partial charge in [0.05, 0.1) is 18.4 Å². The van der Waals surface area contributed by atoms with Crippen LogP contribution < -0.4 is 4.74 Å². The van der Waals surface area contributed by atoms with E-state index < -0.39 is 0 Å². The molecular formula is C14H16N2O2S. The second-order valence-corrected chi connectivity index (χ2v) is 5.18. The molecule has 0 atom stereocenters. The Kier molecular flexibility index (Phi) is 4.27. The molecular weight excluding hydrogens is 260 g/mol. The molecule has 0 aliphatic heterocycles. The second kappa shape index (κ2) is 5.93. The summed E-state index contributed by atoms with van der Waals surface area (Å²) in [5.41, 5.74) is 1.69. The highest BCUT2D eigenvalue weighted by atomic mass is 32.2. The van der Waals surface area contributed by atoms with Crippen LogP contribution in [0, 0.1) is 6.92 Å². The first kappa shape index (κ1) is 13.7. The van der Waals surface area contributed by atoms with Gasteiger partial charge in [0.15, 0.2) is 10.9 Å². The van der Waals surface area contributed by atoms with Gasteiger partial charge in [-0.3, -0.25) is 4.79 Å². The molecule has 0 fully saturated rings. The van der Waals surface area contributed by atoms with Crippen molar-refractivity contribution in [1.82, 2.24) is 9.55 Å². The lowest BCUT2D eigenvalue weighted by Crippen LogP contribution is -2.06. The van der Waals surface area contributed by atoms with Gasteiger partial charge in [0.1, 0.15) is 5.75 Å². The minimum absolute atomic E-state index is 0.0462. The first-order valence-electron chi connectivity index (χ1n) is 5.90. The van der Waals surface area contributed by atoms with Gasteiger partial charge in [-0.15, -0.1) is 0 Å². The molecule has 0 radical (unpaired) electrons. The average molecular weight is 276 g/mol. The molecule has 4 nitrogen and oxygen atoms in total. The Morgan fingerprint density at radius 3 is 2.89 bits per heavy atom. The van der Waals surface area contributed by atoms with Crippen molar-refractivity contribution < 1.29 is 9.53 Å². The zero-order valence-corrected chi connectivity index (χ0v) is 12.0. The molecule has 0 amide bonds. The molecule has 1 heterocycles. The largest absolute Gasteiger partial charge is 0.496 e.